The van der Waals surface area contributed by atoms with Crippen LogP contribution >= 0.6 is 0 Å². The van der Waals surface area contributed by atoms with Gasteiger partial charge in [0.2, 0.25) is 5.91 Å². The molecule has 0 heterocycles. The Morgan fingerprint density at radius 1 is 1.26 bits per heavy atom. The molecule has 102 valence electrons. The number of rotatable bonds is 6. The maximum atomic E-state index is 11.3. The van der Waals surface area contributed by atoms with E-state index in [1.54, 1.807) is 6.92 Å². The summed E-state index contributed by atoms with van der Waals surface area (Å²) in [5, 5.41) is 2.68. The molecule has 1 aromatic carbocycles. The Morgan fingerprint density at radius 3 is 2.53 bits per heavy atom. The number of carbonyl (C=O) groups excluding carboxylic acids is 2. The van der Waals surface area contributed by atoms with Gasteiger partial charge in [-0.3, -0.25) is 9.59 Å². The first-order valence-corrected chi connectivity index (χ1v) is 6.27. The average molecular weight is 261 g/mol. The molecule has 4 nitrogen and oxygen atoms in total. The molecule has 0 saturated carbocycles. The number of amides is 1. The topological polar surface area (TPSA) is 55.4 Å². The average Bonchev–Trinajstić information content (AvgIpc) is 2.36. The van der Waals surface area contributed by atoms with E-state index in [1.165, 1.54) is 6.92 Å². The quantitative estimate of drug-likeness (QED) is 0.796. The molecular weight excluding hydrogens is 242 g/mol. The fourth-order valence-electron chi connectivity index (χ4n) is 1.52. The molecule has 0 aliphatic heterocycles. The van der Waals surface area contributed by atoms with Gasteiger partial charge in [0, 0.05) is 13.5 Å². The summed E-state index contributed by atoms with van der Waals surface area (Å²) >= 11 is 0. The lowest BCUT2D eigenvalue weighted by molar-refractivity contribution is -0.142. The van der Waals surface area contributed by atoms with Crippen LogP contribution in [0, 0.1) is 0 Å². The summed E-state index contributed by atoms with van der Waals surface area (Å²) < 4.78 is 4.88. The SMILES string of the molecule is CCOC(=O)Cc1ccc(C=CCNC(C)=O)cc1. The van der Waals surface area contributed by atoms with Crippen LogP contribution in [0.5, 0.6) is 0 Å². The van der Waals surface area contributed by atoms with Gasteiger partial charge in [-0.05, 0) is 18.1 Å². The number of benzene rings is 1. The molecule has 4 heteroatoms. The van der Waals surface area contributed by atoms with Crippen molar-refractivity contribution in [1.82, 2.24) is 5.32 Å². The monoisotopic (exact) mass is 261 g/mol. The summed E-state index contributed by atoms with van der Waals surface area (Å²) in [6.45, 7) is 4.20. The van der Waals surface area contributed by atoms with Crippen molar-refractivity contribution in [3.05, 3.63) is 41.5 Å². The third-order valence-corrected chi connectivity index (χ3v) is 2.41. The molecule has 1 amide bonds. The standard InChI is InChI=1S/C15H19NO3/c1-3-19-15(18)11-14-8-6-13(7-9-14)5-4-10-16-12(2)17/h4-9H,3,10-11H2,1-2H3,(H,16,17). The summed E-state index contributed by atoms with van der Waals surface area (Å²) in [7, 11) is 0. The number of hydrogen-bond acceptors (Lipinski definition) is 3. The number of hydrogen-bond donors (Lipinski definition) is 1. The maximum absolute atomic E-state index is 11.3. The van der Waals surface area contributed by atoms with Crippen molar-refractivity contribution in [2.45, 2.75) is 20.3 Å². The number of ether oxygens (including phenoxy) is 1. The molecule has 0 aromatic heterocycles. The fourth-order valence-corrected chi connectivity index (χ4v) is 1.52. The van der Waals surface area contributed by atoms with Crippen LogP contribution in [-0.4, -0.2) is 25.0 Å². The summed E-state index contributed by atoms with van der Waals surface area (Å²) in [5.41, 5.74) is 1.95. The van der Waals surface area contributed by atoms with E-state index >= 15 is 0 Å². The molecule has 1 rings (SSSR count). The van der Waals surface area contributed by atoms with Gasteiger partial charge in [-0.2, -0.15) is 0 Å². The maximum Gasteiger partial charge on any atom is 0.310 e. The van der Waals surface area contributed by atoms with Crippen molar-refractivity contribution in [3.63, 3.8) is 0 Å². The van der Waals surface area contributed by atoms with Gasteiger partial charge >= 0.3 is 5.97 Å². The van der Waals surface area contributed by atoms with Crippen molar-refractivity contribution in [1.29, 1.82) is 0 Å². The van der Waals surface area contributed by atoms with Crippen LogP contribution < -0.4 is 5.32 Å². The summed E-state index contributed by atoms with van der Waals surface area (Å²) in [5.74, 6) is -0.258. The smallest absolute Gasteiger partial charge is 0.310 e. The minimum absolute atomic E-state index is 0.0468. The van der Waals surface area contributed by atoms with Crippen LogP contribution in [0.2, 0.25) is 0 Å². The zero-order chi connectivity index (χ0) is 14.1. The number of esters is 1. The van der Waals surface area contributed by atoms with E-state index in [0.717, 1.165) is 11.1 Å². The van der Waals surface area contributed by atoms with Crippen LogP contribution in [0.15, 0.2) is 30.3 Å². The zero-order valence-corrected chi connectivity index (χ0v) is 11.3. The van der Waals surface area contributed by atoms with Crippen LogP contribution in [0.25, 0.3) is 6.08 Å². The lowest BCUT2D eigenvalue weighted by Crippen LogP contribution is -2.19. The molecule has 0 aliphatic rings. The molecule has 1 N–H and O–H groups in total. The van der Waals surface area contributed by atoms with Crippen molar-refractivity contribution in [3.8, 4) is 0 Å². The van der Waals surface area contributed by atoms with E-state index < -0.39 is 0 Å². The second kappa shape index (κ2) is 8.08. The van der Waals surface area contributed by atoms with E-state index in [-0.39, 0.29) is 11.9 Å². The Bertz CT molecular complexity index is 449. The molecule has 1 aromatic rings. The summed E-state index contributed by atoms with van der Waals surface area (Å²) in [4.78, 5) is 22.0. The van der Waals surface area contributed by atoms with Crippen molar-refractivity contribution >= 4 is 18.0 Å². The first-order valence-electron chi connectivity index (χ1n) is 6.27. The van der Waals surface area contributed by atoms with E-state index in [9.17, 15) is 9.59 Å². The second-order valence-electron chi connectivity index (χ2n) is 4.06. The molecule has 0 unspecified atom stereocenters. The van der Waals surface area contributed by atoms with Gasteiger partial charge in [0.05, 0.1) is 13.0 Å². The molecule has 0 spiro atoms. The Labute approximate surface area is 113 Å². The van der Waals surface area contributed by atoms with Crippen molar-refractivity contribution in [2.24, 2.45) is 0 Å². The van der Waals surface area contributed by atoms with Crippen molar-refractivity contribution < 1.29 is 14.3 Å². The molecule has 19 heavy (non-hydrogen) atoms. The Balaban J connectivity index is 2.47. The van der Waals surface area contributed by atoms with E-state index in [0.29, 0.717) is 19.6 Å². The molecule has 0 aliphatic carbocycles. The molecule has 0 atom stereocenters. The predicted molar refractivity (Wildman–Crippen MR) is 74.5 cm³/mol. The van der Waals surface area contributed by atoms with Crippen LogP contribution in [0.1, 0.15) is 25.0 Å². The van der Waals surface area contributed by atoms with Crippen LogP contribution in [0.4, 0.5) is 0 Å². The molecule has 0 fully saturated rings. The zero-order valence-electron chi connectivity index (χ0n) is 11.3. The van der Waals surface area contributed by atoms with E-state index in [2.05, 4.69) is 5.32 Å². The highest BCUT2D eigenvalue weighted by molar-refractivity contribution is 5.73. The van der Waals surface area contributed by atoms with Gasteiger partial charge < -0.3 is 10.1 Å². The van der Waals surface area contributed by atoms with Gasteiger partial charge in [-0.15, -0.1) is 0 Å². The highest BCUT2D eigenvalue weighted by Crippen LogP contribution is 2.07. The molecule has 0 radical (unpaired) electrons. The van der Waals surface area contributed by atoms with Crippen LogP contribution in [-0.2, 0) is 20.7 Å². The second-order valence-corrected chi connectivity index (χ2v) is 4.06. The van der Waals surface area contributed by atoms with Gasteiger partial charge in [-0.1, -0.05) is 36.4 Å². The highest BCUT2D eigenvalue weighted by atomic mass is 16.5. The minimum atomic E-state index is -0.212. The van der Waals surface area contributed by atoms with Gasteiger partial charge in [0.1, 0.15) is 0 Å². The predicted octanol–water partition coefficient (Wildman–Crippen LogP) is 1.94. The third kappa shape index (κ3) is 6.41. The summed E-state index contributed by atoms with van der Waals surface area (Å²) in [6, 6.07) is 7.65. The fraction of sp³-hybridized carbons (Fsp3) is 0.333. The normalized spacial score (nSPS) is 10.4. The van der Waals surface area contributed by atoms with Gasteiger partial charge in [0.15, 0.2) is 0 Å². The lowest BCUT2D eigenvalue weighted by atomic mass is 10.1. The number of carbonyl (C=O) groups is 2. The number of nitrogens with one attached hydrogen (secondary N) is 1. The Hall–Kier alpha value is -2.10. The van der Waals surface area contributed by atoms with Crippen molar-refractivity contribution in [2.75, 3.05) is 13.2 Å². The third-order valence-electron chi connectivity index (χ3n) is 2.41. The van der Waals surface area contributed by atoms with E-state index in [1.807, 2.05) is 36.4 Å². The Kier molecular flexibility index (Phi) is 6.36. The Morgan fingerprint density at radius 2 is 1.95 bits per heavy atom. The molecular formula is C15H19NO3. The first-order chi connectivity index (χ1) is 9.11. The van der Waals surface area contributed by atoms with Gasteiger partial charge in [0.25, 0.3) is 0 Å². The van der Waals surface area contributed by atoms with Crippen LogP contribution in [0.3, 0.4) is 0 Å². The highest BCUT2D eigenvalue weighted by Gasteiger charge is 2.02. The van der Waals surface area contributed by atoms with Gasteiger partial charge in [-0.25, -0.2) is 0 Å². The first kappa shape index (κ1) is 15.0. The van der Waals surface area contributed by atoms with E-state index in [4.69, 9.17) is 4.74 Å². The lowest BCUT2D eigenvalue weighted by Gasteiger charge is -2.02. The molecule has 0 saturated heterocycles. The largest absolute Gasteiger partial charge is 0.466 e. The molecule has 0 bridgehead atoms. The minimum Gasteiger partial charge on any atom is -0.466 e. The summed E-state index contributed by atoms with van der Waals surface area (Å²) in [6.07, 6.45) is 4.09.